The number of nitrogens with zero attached hydrogens (tertiary/aromatic N) is 2. The number of halogens is 1. The summed E-state index contributed by atoms with van der Waals surface area (Å²) in [5.74, 6) is 1.85. The van der Waals surface area contributed by atoms with Gasteiger partial charge in [0.15, 0.2) is 0 Å². The van der Waals surface area contributed by atoms with E-state index in [-0.39, 0.29) is 0 Å². The fourth-order valence-corrected chi connectivity index (χ4v) is 2.98. The number of ether oxygens (including phenoxy) is 1. The van der Waals surface area contributed by atoms with Gasteiger partial charge in [0.05, 0.1) is 7.11 Å². The third-order valence-electron chi connectivity index (χ3n) is 4.01. The number of aromatic nitrogens is 1. The minimum atomic E-state index is 0.489. The fourth-order valence-electron chi connectivity index (χ4n) is 2.75. The van der Waals surface area contributed by atoms with Gasteiger partial charge in [0.25, 0.3) is 0 Å². The van der Waals surface area contributed by atoms with Crippen LogP contribution in [0.4, 0.5) is 11.5 Å². The third kappa shape index (κ3) is 3.71. The molecular formula is C17H20BrN3O. The first kappa shape index (κ1) is 15.2. The van der Waals surface area contributed by atoms with E-state index in [0.29, 0.717) is 6.04 Å². The molecule has 1 aromatic carbocycles. The minimum absolute atomic E-state index is 0.489. The largest absolute Gasteiger partial charge is 0.497 e. The summed E-state index contributed by atoms with van der Waals surface area (Å²) in [5.41, 5.74) is 1.26. The predicted molar refractivity (Wildman–Crippen MR) is 93.8 cm³/mol. The second-order valence-electron chi connectivity index (χ2n) is 5.47. The number of anilines is 2. The van der Waals surface area contributed by atoms with Crippen molar-refractivity contribution in [2.24, 2.45) is 0 Å². The van der Waals surface area contributed by atoms with Crippen LogP contribution >= 0.6 is 15.9 Å². The SMILES string of the molecule is COc1ccc(N2CCC(Nc3ccc(Br)cn3)CC2)cc1. The van der Waals surface area contributed by atoms with Gasteiger partial charge in [0.2, 0.25) is 0 Å². The molecule has 0 aliphatic carbocycles. The Labute approximate surface area is 139 Å². The molecule has 0 radical (unpaired) electrons. The predicted octanol–water partition coefficient (Wildman–Crippen LogP) is 3.93. The van der Waals surface area contributed by atoms with Gasteiger partial charge in [0.1, 0.15) is 11.6 Å². The molecule has 1 N–H and O–H groups in total. The Morgan fingerprint density at radius 2 is 1.86 bits per heavy atom. The summed E-state index contributed by atoms with van der Waals surface area (Å²) >= 11 is 3.41. The molecule has 0 bridgehead atoms. The van der Waals surface area contributed by atoms with Crippen LogP contribution in [0.5, 0.6) is 5.75 Å². The molecule has 22 heavy (non-hydrogen) atoms. The summed E-state index contributed by atoms with van der Waals surface area (Å²) in [7, 11) is 1.70. The summed E-state index contributed by atoms with van der Waals surface area (Å²) < 4.78 is 6.22. The third-order valence-corrected chi connectivity index (χ3v) is 4.48. The zero-order valence-corrected chi connectivity index (χ0v) is 14.2. The van der Waals surface area contributed by atoms with E-state index < -0.39 is 0 Å². The van der Waals surface area contributed by atoms with Gasteiger partial charge in [-0.05, 0) is 65.2 Å². The monoisotopic (exact) mass is 361 g/mol. The fraction of sp³-hybridized carbons (Fsp3) is 0.353. The van der Waals surface area contributed by atoms with Crippen molar-refractivity contribution in [2.45, 2.75) is 18.9 Å². The minimum Gasteiger partial charge on any atom is -0.497 e. The summed E-state index contributed by atoms with van der Waals surface area (Å²) in [6.45, 7) is 2.11. The lowest BCUT2D eigenvalue weighted by atomic mass is 10.0. The molecule has 2 aromatic rings. The Morgan fingerprint density at radius 1 is 1.14 bits per heavy atom. The molecule has 3 rings (SSSR count). The number of hydrogen-bond acceptors (Lipinski definition) is 4. The van der Waals surface area contributed by atoms with Gasteiger partial charge in [-0.2, -0.15) is 0 Å². The molecule has 5 heteroatoms. The standard InChI is InChI=1S/C17H20BrN3O/c1-22-16-5-3-15(4-6-16)21-10-8-14(9-11-21)20-17-7-2-13(18)12-19-17/h2-7,12,14H,8-11H2,1H3,(H,19,20). The highest BCUT2D eigenvalue weighted by Gasteiger charge is 2.19. The van der Waals surface area contributed by atoms with Gasteiger partial charge in [-0.1, -0.05) is 0 Å². The highest BCUT2D eigenvalue weighted by Crippen LogP contribution is 2.24. The quantitative estimate of drug-likeness (QED) is 0.894. The number of nitrogens with one attached hydrogen (secondary N) is 1. The van der Waals surface area contributed by atoms with E-state index in [2.05, 4.69) is 43.3 Å². The van der Waals surface area contributed by atoms with Crippen LogP contribution in [0.2, 0.25) is 0 Å². The number of benzene rings is 1. The van der Waals surface area contributed by atoms with Crippen molar-refractivity contribution >= 4 is 27.4 Å². The molecule has 1 aliphatic heterocycles. The molecule has 1 fully saturated rings. The van der Waals surface area contributed by atoms with Crippen molar-refractivity contribution in [3.05, 3.63) is 47.1 Å². The number of rotatable bonds is 4. The van der Waals surface area contributed by atoms with Gasteiger partial charge in [-0.15, -0.1) is 0 Å². The molecule has 0 atom stereocenters. The first-order valence-electron chi connectivity index (χ1n) is 7.52. The van der Waals surface area contributed by atoms with Gasteiger partial charge < -0.3 is 15.0 Å². The Kier molecular flexibility index (Phi) is 4.83. The van der Waals surface area contributed by atoms with Crippen LogP contribution in [0.25, 0.3) is 0 Å². The van der Waals surface area contributed by atoms with Crippen LogP contribution in [0.15, 0.2) is 47.1 Å². The topological polar surface area (TPSA) is 37.4 Å². The van der Waals surface area contributed by atoms with Crippen LogP contribution in [-0.2, 0) is 0 Å². The number of hydrogen-bond donors (Lipinski definition) is 1. The summed E-state index contributed by atoms with van der Waals surface area (Å²) in [6.07, 6.45) is 4.06. The van der Waals surface area contributed by atoms with Crippen LogP contribution in [0.3, 0.4) is 0 Å². The first-order valence-corrected chi connectivity index (χ1v) is 8.31. The Hall–Kier alpha value is -1.75. The number of pyridine rings is 1. The summed E-state index contributed by atoms with van der Waals surface area (Å²) in [6, 6.07) is 12.8. The normalized spacial score (nSPS) is 15.6. The smallest absolute Gasteiger partial charge is 0.126 e. The van der Waals surface area contributed by atoms with Crippen molar-refractivity contribution < 1.29 is 4.74 Å². The van der Waals surface area contributed by atoms with E-state index >= 15 is 0 Å². The van der Waals surface area contributed by atoms with E-state index in [1.54, 1.807) is 7.11 Å². The Balaban J connectivity index is 1.54. The van der Waals surface area contributed by atoms with Gasteiger partial charge in [-0.25, -0.2) is 4.98 Å². The first-order chi connectivity index (χ1) is 10.7. The summed E-state index contributed by atoms with van der Waals surface area (Å²) in [4.78, 5) is 6.81. The molecule has 0 spiro atoms. The molecule has 116 valence electrons. The molecule has 1 saturated heterocycles. The average molecular weight is 362 g/mol. The van der Waals surface area contributed by atoms with Crippen LogP contribution in [0.1, 0.15) is 12.8 Å². The van der Waals surface area contributed by atoms with E-state index in [1.807, 2.05) is 30.5 Å². The van der Waals surface area contributed by atoms with Crippen molar-refractivity contribution in [3.63, 3.8) is 0 Å². The lowest BCUT2D eigenvalue weighted by molar-refractivity contribution is 0.414. The van der Waals surface area contributed by atoms with E-state index in [0.717, 1.165) is 42.0 Å². The lowest BCUT2D eigenvalue weighted by Gasteiger charge is -2.34. The van der Waals surface area contributed by atoms with E-state index in [1.165, 1.54) is 5.69 Å². The average Bonchev–Trinajstić information content (AvgIpc) is 2.58. The highest BCUT2D eigenvalue weighted by molar-refractivity contribution is 9.10. The van der Waals surface area contributed by atoms with E-state index in [4.69, 9.17) is 4.74 Å². The van der Waals surface area contributed by atoms with Crippen molar-refractivity contribution in [2.75, 3.05) is 30.4 Å². The molecule has 0 unspecified atom stereocenters. The van der Waals surface area contributed by atoms with Crippen molar-refractivity contribution in [3.8, 4) is 5.75 Å². The maximum atomic E-state index is 5.21. The molecule has 1 aliphatic rings. The zero-order valence-electron chi connectivity index (χ0n) is 12.6. The van der Waals surface area contributed by atoms with Gasteiger partial charge in [-0.3, -0.25) is 0 Å². The van der Waals surface area contributed by atoms with E-state index in [9.17, 15) is 0 Å². The molecule has 4 nitrogen and oxygen atoms in total. The van der Waals surface area contributed by atoms with Crippen LogP contribution < -0.4 is 15.0 Å². The zero-order chi connectivity index (χ0) is 15.4. The van der Waals surface area contributed by atoms with Gasteiger partial charge in [0, 0.05) is 35.5 Å². The molecule has 2 heterocycles. The second-order valence-corrected chi connectivity index (χ2v) is 6.38. The maximum absolute atomic E-state index is 5.21. The van der Waals surface area contributed by atoms with Crippen molar-refractivity contribution in [1.82, 2.24) is 4.98 Å². The second kappa shape index (κ2) is 7.01. The summed E-state index contributed by atoms with van der Waals surface area (Å²) in [5, 5.41) is 3.52. The molecular weight excluding hydrogens is 342 g/mol. The van der Waals surface area contributed by atoms with Gasteiger partial charge >= 0.3 is 0 Å². The highest BCUT2D eigenvalue weighted by atomic mass is 79.9. The molecule has 0 amide bonds. The Morgan fingerprint density at radius 3 is 2.45 bits per heavy atom. The maximum Gasteiger partial charge on any atom is 0.126 e. The number of piperidine rings is 1. The van der Waals surface area contributed by atoms with Crippen LogP contribution in [-0.4, -0.2) is 31.2 Å². The lowest BCUT2D eigenvalue weighted by Crippen LogP contribution is -2.39. The molecule has 1 aromatic heterocycles. The van der Waals surface area contributed by atoms with Crippen molar-refractivity contribution in [1.29, 1.82) is 0 Å². The Bertz CT molecular complexity index is 592. The molecule has 0 saturated carbocycles. The number of methoxy groups -OCH3 is 1. The van der Waals surface area contributed by atoms with Crippen LogP contribution in [0, 0.1) is 0 Å².